The maximum atomic E-state index is 12.5. The van der Waals surface area contributed by atoms with E-state index in [4.69, 9.17) is 4.74 Å². The molecule has 0 unspecified atom stereocenters. The Morgan fingerprint density at radius 2 is 1.93 bits per heavy atom. The maximum Gasteiger partial charge on any atom is 0.306 e. The van der Waals surface area contributed by atoms with Crippen molar-refractivity contribution in [1.82, 2.24) is 4.90 Å². The molecule has 1 heterocycles. The number of hydrogen-bond acceptors (Lipinski definition) is 6. The molecule has 1 aliphatic rings. The second kappa shape index (κ2) is 11.2. The first-order chi connectivity index (χ1) is 13.4. The van der Waals surface area contributed by atoms with Gasteiger partial charge in [0.2, 0.25) is 5.91 Å². The quantitative estimate of drug-likeness (QED) is 0.500. The number of carbonyl (C=O) groups excluding carboxylic acids is 2. The Morgan fingerprint density at radius 1 is 1.21 bits per heavy atom. The van der Waals surface area contributed by atoms with Gasteiger partial charge in [0.15, 0.2) is 0 Å². The van der Waals surface area contributed by atoms with Gasteiger partial charge in [-0.1, -0.05) is 20.3 Å². The number of ether oxygens (including phenoxy) is 1. The number of carbonyl (C=O) groups is 2. The van der Waals surface area contributed by atoms with Crippen LogP contribution in [0.5, 0.6) is 0 Å². The normalized spacial score (nSPS) is 13.7. The lowest BCUT2D eigenvalue weighted by Gasteiger charge is -2.23. The number of nitriles is 1. The molecule has 0 spiro atoms. The molecule has 1 aliphatic carbocycles. The Labute approximate surface area is 171 Å². The summed E-state index contributed by atoms with van der Waals surface area (Å²) in [5, 5.41) is 13.2. The molecule has 1 N–H and O–H groups in total. The standard InChI is InChI=1S/C21H31N3O3S/c1-15(2)14-24(12-10-20(26)27-3)11-9-19(25)23-21-17(13-22)16-7-5-4-6-8-18(16)28-21/h15H,4-12,14H2,1-3H3,(H,23,25). The SMILES string of the molecule is COC(=O)CCN(CCC(=O)Nc1sc2c(c1C#N)CCCCC2)CC(C)C. The van der Waals surface area contributed by atoms with Crippen molar-refractivity contribution in [2.24, 2.45) is 5.92 Å². The van der Waals surface area contributed by atoms with Crippen LogP contribution in [0, 0.1) is 17.2 Å². The molecule has 7 heteroatoms. The van der Waals surface area contributed by atoms with E-state index in [0.29, 0.717) is 42.4 Å². The molecular formula is C21H31N3O3S. The van der Waals surface area contributed by atoms with Crippen LogP contribution in [0.15, 0.2) is 0 Å². The number of aryl methyl sites for hydroxylation is 1. The fraction of sp³-hybridized carbons (Fsp3) is 0.667. The molecule has 2 rings (SSSR count). The number of methoxy groups -OCH3 is 1. The van der Waals surface area contributed by atoms with Gasteiger partial charge in [0.25, 0.3) is 0 Å². The van der Waals surface area contributed by atoms with E-state index in [0.717, 1.165) is 37.8 Å². The van der Waals surface area contributed by atoms with E-state index in [1.807, 2.05) is 0 Å². The van der Waals surface area contributed by atoms with Crippen LogP contribution in [0.1, 0.15) is 62.0 Å². The van der Waals surface area contributed by atoms with Gasteiger partial charge in [-0.2, -0.15) is 5.26 Å². The van der Waals surface area contributed by atoms with Crippen LogP contribution in [0.2, 0.25) is 0 Å². The van der Waals surface area contributed by atoms with Gasteiger partial charge < -0.3 is 15.0 Å². The molecule has 0 radical (unpaired) electrons. The number of fused-ring (bicyclic) bond motifs is 1. The molecular weight excluding hydrogens is 374 g/mol. The third-order valence-electron chi connectivity index (χ3n) is 4.92. The van der Waals surface area contributed by atoms with Gasteiger partial charge >= 0.3 is 5.97 Å². The molecule has 1 amide bonds. The second-order valence-corrected chi connectivity index (χ2v) is 8.80. The molecule has 0 saturated heterocycles. The number of amides is 1. The van der Waals surface area contributed by atoms with E-state index in [-0.39, 0.29) is 11.9 Å². The van der Waals surface area contributed by atoms with Crippen LogP contribution < -0.4 is 5.32 Å². The zero-order valence-electron chi connectivity index (χ0n) is 17.2. The Hall–Kier alpha value is -1.91. The highest BCUT2D eigenvalue weighted by molar-refractivity contribution is 7.16. The van der Waals surface area contributed by atoms with Crippen molar-refractivity contribution < 1.29 is 14.3 Å². The highest BCUT2D eigenvalue weighted by Gasteiger charge is 2.21. The van der Waals surface area contributed by atoms with Gasteiger partial charge in [-0.3, -0.25) is 9.59 Å². The zero-order chi connectivity index (χ0) is 20.5. The monoisotopic (exact) mass is 405 g/mol. The summed E-state index contributed by atoms with van der Waals surface area (Å²) >= 11 is 1.56. The van der Waals surface area contributed by atoms with Crippen LogP contribution >= 0.6 is 11.3 Å². The number of thiophene rings is 1. The summed E-state index contributed by atoms with van der Waals surface area (Å²) in [6.07, 6.45) is 6.04. The van der Waals surface area contributed by atoms with Crippen LogP contribution in [-0.4, -0.2) is 43.5 Å². The van der Waals surface area contributed by atoms with Crippen molar-refractivity contribution in [1.29, 1.82) is 5.26 Å². The molecule has 0 bridgehead atoms. The number of anilines is 1. The highest BCUT2D eigenvalue weighted by Crippen LogP contribution is 2.37. The minimum absolute atomic E-state index is 0.0836. The lowest BCUT2D eigenvalue weighted by molar-refractivity contribution is -0.141. The topological polar surface area (TPSA) is 82.4 Å². The largest absolute Gasteiger partial charge is 0.469 e. The van der Waals surface area contributed by atoms with E-state index < -0.39 is 0 Å². The van der Waals surface area contributed by atoms with Gasteiger partial charge in [-0.25, -0.2) is 0 Å². The van der Waals surface area contributed by atoms with Crippen LogP contribution in [0.4, 0.5) is 5.00 Å². The molecule has 0 fully saturated rings. The number of nitrogens with zero attached hydrogens (tertiary/aromatic N) is 2. The smallest absolute Gasteiger partial charge is 0.306 e. The highest BCUT2D eigenvalue weighted by atomic mass is 32.1. The summed E-state index contributed by atoms with van der Waals surface area (Å²) in [4.78, 5) is 27.3. The van der Waals surface area contributed by atoms with E-state index in [1.165, 1.54) is 18.4 Å². The predicted molar refractivity (Wildman–Crippen MR) is 111 cm³/mol. The molecule has 6 nitrogen and oxygen atoms in total. The molecule has 1 aromatic heterocycles. The Morgan fingerprint density at radius 3 is 2.61 bits per heavy atom. The summed E-state index contributed by atoms with van der Waals surface area (Å²) in [7, 11) is 1.39. The lowest BCUT2D eigenvalue weighted by atomic mass is 10.1. The zero-order valence-corrected chi connectivity index (χ0v) is 18.0. The first-order valence-corrected chi connectivity index (χ1v) is 10.9. The first-order valence-electron chi connectivity index (χ1n) is 10.1. The predicted octanol–water partition coefficient (Wildman–Crippen LogP) is 3.74. The minimum Gasteiger partial charge on any atom is -0.469 e. The van der Waals surface area contributed by atoms with Crippen molar-refractivity contribution in [3.8, 4) is 6.07 Å². The number of rotatable bonds is 9. The lowest BCUT2D eigenvalue weighted by Crippen LogP contribution is -2.33. The third-order valence-corrected chi connectivity index (χ3v) is 6.13. The molecule has 154 valence electrons. The van der Waals surface area contributed by atoms with Crippen LogP contribution in [0.3, 0.4) is 0 Å². The van der Waals surface area contributed by atoms with Gasteiger partial charge in [-0.05, 0) is 37.2 Å². The van der Waals surface area contributed by atoms with Gasteiger partial charge in [0.05, 0.1) is 19.1 Å². The fourth-order valence-corrected chi connectivity index (χ4v) is 4.82. The fourth-order valence-electron chi connectivity index (χ4n) is 3.56. The van der Waals surface area contributed by atoms with E-state index >= 15 is 0 Å². The number of esters is 1. The van der Waals surface area contributed by atoms with E-state index in [9.17, 15) is 14.9 Å². The van der Waals surface area contributed by atoms with Crippen molar-refractivity contribution in [2.45, 2.75) is 58.8 Å². The first kappa shape index (κ1) is 22.4. The molecule has 0 atom stereocenters. The molecule has 0 aromatic carbocycles. The molecule has 0 saturated carbocycles. The van der Waals surface area contributed by atoms with Crippen molar-refractivity contribution in [2.75, 3.05) is 32.1 Å². The van der Waals surface area contributed by atoms with Crippen molar-refractivity contribution in [3.63, 3.8) is 0 Å². The van der Waals surface area contributed by atoms with E-state index in [1.54, 1.807) is 11.3 Å². The Kier molecular flexibility index (Phi) is 8.94. The summed E-state index contributed by atoms with van der Waals surface area (Å²) in [6, 6.07) is 2.30. The second-order valence-electron chi connectivity index (χ2n) is 7.70. The van der Waals surface area contributed by atoms with Crippen molar-refractivity contribution >= 4 is 28.2 Å². The number of nitrogens with one attached hydrogen (secondary N) is 1. The average Bonchev–Trinajstić information content (AvgIpc) is 2.82. The summed E-state index contributed by atoms with van der Waals surface area (Å²) in [5.41, 5.74) is 1.79. The summed E-state index contributed by atoms with van der Waals surface area (Å²) < 4.78 is 4.71. The maximum absolute atomic E-state index is 12.5. The van der Waals surface area contributed by atoms with Gasteiger partial charge in [0, 0.05) is 30.9 Å². The Bertz CT molecular complexity index is 721. The average molecular weight is 406 g/mol. The van der Waals surface area contributed by atoms with Gasteiger partial charge in [0.1, 0.15) is 11.1 Å². The Balaban J connectivity index is 1.95. The summed E-state index contributed by atoms with van der Waals surface area (Å²) in [5.74, 6) is 0.121. The molecule has 28 heavy (non-hydrogen) atoms. The third kappa shape index (κ3) is 6.61. The van der Waals surface area contributed by atoms with Crippen LogP contribution in [0.25, 0.3) is 0 Å². The molecule has 0 aliphatic heterocycles. The number of hydrogen-bond donors (Lipinski definition) is 1. The van der Waals surface area contributed by atoms with E-state index in [2.05, 4.69) is 30.1 Å². The van der Waals surface area contributed by atoms with Gasteiger partial charge in [-0.15, -0.1) is 11.3 Å². The molecule has 1 aromatic rings. The summed E-state index contributed by atoms with van der Waals surface area (Å²) in [6.45, 7) is 6.20. The minimum atomic E-state index is -0.239. The van der Waals surface area contributed by atoms with Crippen LogP contribution in [-0.2, 0) is 27.2 Å². The van der Waals surface area contributed by atoms with Crippen molar-refractivity contribution in [3.05, 3.63) is 16.0 Å².